The Morgan fingerprint density at radius 1 is 1.14 bits per heavy atom. The third-order valence-electron chi connectivity index (χ3n) is 4.13. The maximum Gasteiger partial charge on any atom is 0.277 e. The van der Waals surface area contributed by atoms with E-state index in [9.17, 15) is 4.79 Å². The highest BCUT2D eigenvalue weighted by Crippen LogP contribution is 2.30. The van der Waals surface area contributed by atoms with Gasteiger partial charge in [0, 0.05) is 5.56 Å². The summed E-state index contributed by atoms with van der Waals surface area (Å²) in [6.45, 7) is 3.80. The SMILES string of the molecule is COc1ccc(-c2ccc(/C=N/NC(=O)COc3ccc(C)cc3C)o2)cc1Cl. The summed E-state index contributed by atoms with van der Waals surface area (Å²) in [7, 11) is 1.56. The minimum Gasteiger partial charge on any atom is -0.495 e. The molecular formula is C22H21ClN2O4. The Bertz CT molecular complexity index is 1040. The van der Waals surface area contributed by atoms with E-state index in [4.69, 9.17) is 25.5 Å². The fraction of sp³-hybridized carbons (Fsp3) is 0.182. The molecule has 2 aromatic carbocycles. The van der Waals surface area contributed by atoms with E-state index in [0.29, 0.717) is 28.0 Å². The van der Waals surface area contributed by atoms with Crippen LogP contribution < -0.4 is 14.9 Å². The molecule has 0 atom stereocenters. The highest BCUT2D eigenvalue weighted by atomic mass is 35.5. The van der Waals surface area contributed by atoms with Crippen LogP contribution in [0.3, 0.4) is 0 Å². The molecular weight excluding hydrogens is 392 g/mol. The molecule has 0 saturated carbocycles. The zero-order chi connectivity index (χ0) is 20.8. The van der Waals surface area contributed by atoms with Crippen molar-refractivity contribution >= 4 is 23.7 Å². The van der Waals surface area contributed by atoms with Crippen molar-refractivity contribution in [3.05, 3.63) is 70.4 Å². The lowest BCUT2D eigenvalue weighted by Gasteiger charge is -2.08. The Kier molecular flexibility index (Phi) is 6.57. The lowest BCUT2D eigenvalue weighted by Crippen LogP contribution is -2.24. The van der Waals surface area contributed by atoms with Gasteiger partial charge in [-0.25, -0.2) is 5.43 Å². The van der Waals surface area contributed by atoms with Crippen LogP contribution in [0.5, 0.6) is 11.5 Å². The van der Waals surface area contributed by atoms with Gasteiger partial charge in [-0.05, 0) is 55.8 Å². The maximum atomic E-state index is 11.9. The Labute approximate surface area is 174 Å². The highest BCUT2D eigenvalue weighted by Gasteiger charge is 2.08. The summed E-state index contributed by atoms with van der Waals surface area (Å²) >= 11 is 6.14. The van der Waals surface area contributed by atoms with E-state index >= 15 is 0 Å². The zero-order valence-electron chi connectivity index (χ0n) is 16.4. The van der Waals surface area contributed by atoms with Crippen molar-refractivity contribution < 1.29 is 18.7 Å². The second-order valence-electron chi connectivity index (χ2n) is 6.40. The average Bonchev–Trinajstić information content (AvgIpc) is 3.16. The van der Waals surface area contributed by atoms with Gasteiger partial charge >= 0.3 is 0 Å². The number of methoxy groups -OCH3 is 1. The van der Waals surface area contributed by atoms with Gasteiger partial charge in [0.25, 0.3) is 5.91 Å². The van der Waals surface area contributed by atoms with E-state index in [1.165, 1.54) is 6.21 Å². The minimum atomic E-state index is -0.366. The third kappa shape index (κ3) is 5.39. The van der Waals surface area contributed by atoms with Gasteiger partial charge < -0.3 is 13.9 Å². The number of hydrogen-bond acceptors (Lipinski definition) is 5. The summed E-state index contributed by atoms with van der Waals surface area (Å²) in [4.78, 5) is 11.9. The molecule has 0 aliphatic rings. The van der Waals surface area contributed by atoms with Gasteiger partial charge in [-0.3, -0.25) is 4.79 Å². The van der Waals surface area contributed by atoms with Gasteiger partial charge in [0.2, 0.25) is 0 Å². The summed E-state index contributed by atoms with van der Waals surface area (Å²) in [5, 5.41) is 4.39. The molecule has 1 amide bonds. The van der Waals surface area contributed by atoms with Crippen LogP contribution in [-0.2, 0) is 4.79 Å². The molecule has 7 heteroatoms. The minimum absolute atomic E-state index is 0.130. The first-order valence-corrected chi connectivity index (χ1v) is 9.30. The quantitative estimate of drug-likeness (QED) is 0.448. The van der Waals surface area contributed by atoms with Crippen LogP contribution in [0.25, 0.3) is 11.3 Å². The van der Waals surface area contributed by atoms with E-state index < -0.39 is 0 Å². The summed E-state index contributed by atoms with van der Waals surface area (Å²) < 4.78 is 16.4. The number of hydrazone groups is 1. The lowest BCUT2D eigenvalue weighted by atomic mass is 10.1. The Morgan fingerprint density at radius 3 is 2.66 bits per heavy atom. The monoisotopic (exact) mass is 412 g/mol. The molecule has 0 bridgehead atoms. The van der Waals surface area contributed by atoms with Gasteiger partial charge in [0.1, 0.15) is 23.0 Å². The van der Waals surface area contributed by atoms with E-state index in [0.717, 1.165) is 16.7 Å². The first-order chi connectivity index (χ1) is 14.0. The number of nitrogens with zero attached hydrogens (tertiary/aromatic N) is 1. The van der Waals surface area contributed by atoms with Crippen LogP contribution in [0.2, 0.25) is 5.02 Å². The van der Waals surface area contributed by atoms with Gasteiger partial charge in [0.15, 0.2) is 6.61 Å². The molecule has 150 valence electrons. The lowest BCUT2D eigenvalue weighted by molar-refractivity contribution is -0.123. The number of rotatable bonds is 7. The summed E-state index contributed by atoms with van der Waals surface area (Å²) in [5.74, 6) is 2.01. The molecule has 1 aromatic heterocycles. The number of ether oxygens (including phenoxy) is 2. The molecule has 0 aliphatic heterocycles. The molecule has 0 fully saturated rings. The number of hydrogen-bond donors (Lipinski definition) is 1. The molecule has 0 radical (unpaired) electrons. The van der Waals surface area contributed by atoms with Crippen molar-refractivity contribution in [2.24, 2.45) is 5.10 Å². The summed E-state index contributed by atoms with van der Waals surface area (Å²) in [5.41, 5.74) is 5.33. The number of amides is 1. The number of halogens is 1. The fourth-order valence-corrected chi connectivity index (χ4v) is 2.96. The molecule has 6 nitrogen and oxygen atoms in total. The van der Waals surface area contributed by atoms with Gasteiger partial charge in [0.05, 0.1) is 18.3 Å². The normalized spacial score (nSPS) is 10.9. The van der Waals surface area contributed by atoms with E-state index in [2.05, 4.69) is 10.5 Å². The third-order valence-corrected chi connectivity index (χ3v) is 4.43. The van der Waals surface area contributed by atoms with E-state index in [1.807, 2.05) is 38.1 Å². The molecule has 1 heterocycles. The van der Waals surface area contributed by atoms with Crippen LogP contribution in [0.1, 0.15) is 16.9 Å². The molecule has 1 N–H and O–H groups in total. The second kappa shape index (κ2) is 9.30. The van der Waals surface area contributed by atoms with Gasteiger partial charge in [-0.15, -0.1) is 0 Å². The van der Waals surface area contributed by atoms with Crippen LogP contribution in [-0.4, -0.2) is 25.8 Å². The van der Waals surface area contributed by atoms with Crippen molar-refractivity contribution in [1.82, 2.24) is 5.43 Å². The molecule has 3 aromatic rings. The zero-order valence-corrected chi connectivity index (χ0v) is 17.1. The summed E-state index contributed by atoms with van der Waals surface area (Å²) in [6.07, 6.45) is 1.42. The Balaban J connectivity index is 1.54. The second-order valence-corrected chi connectivity index (χ2v) is 6.81. The van der Waals surface area contributed by atoms with Crippen molar-refractivity contribution in [2.45, 2.75) is 13.8 Å². The largest absolute Gasteiger partial charge is 0.495 e. The van der Waals surface area contributed by atoms with Gasteiger partial charge in [-0.2, -0.15) is 5.10 Å². The standard InChI is InChI=1S/C22H21ClN2O4/c1-14-4-7-19(15(2)10-14)28-13-22(26)25-24-12-17-6-9-20(29-17)16-5-8-21(27-3)18(23)11-16/h4-12H,13H2,1-3H3,(H,25,26)/b24-12+. The average molecular weight is 413 g/mol. The Morgan fingerprint density at radius 2 is 1.93 bits per heavy atom. The van der Waals surface area contributed by atoms with Crippen LogP contribution in [0.15, 0.2) is 58.0 Å². The van der Waals surface area contributed by atoms with E-state index in [-0.39, 0.29) is 12.5 Å². The van der Waals surface area contributed by atoms with Crippen LogP contribution in [0.4, 0.5) is 0 Å². The number of benzene rings is 2. The number of aryl methyl sites for hydroxylation is 2. The predicted octanol–water partition coefficient (Wildman–Crippen LogP) is 4.75. The Hall–Kier alpha value is -3.25. The van der Waals surface area contributed by atoms with Gasteiger partial charge in [-0.1, -0.05) is 29.3 Å². The van der Waals surface area contributed by atoms with Crippen molar-refractivity contribution in [3.8, 4) is 22.8 Å². The van der Waals surface area contributed by atoms with Crippen LogP contribution in [0, 0.1) is 13.8 Å². The molecule has 0 unspecified atom stereocenters. The first kappa shape index (κ1) is 20.5. The molecule has 0 spiro atoms. The van der Waals surface area contributed by atoms with Crippen molar-refractivity contribution in [3.63, 3.8) is 0 Å². The number of nitrogens with one attached hydrogen (secondary N) is 1. The molecule has 29 heavy (non-hydrogen) atoms. The smallest absolute Gasteiger partial charge is 0.277 e. The predicted molar refractivity (Wildman–Crippen MR) is 113 cm³/mol. The number of carbonyl (C=O) groups excluding carboxylic acids is 1. The topological polar surface area (TPSA) is 73.1 Å². The molecule has 0 saturated heterocycles. The van der Waals surface area contributed by atoms with Crippen LogP contribution >= 0.6 is 11.6 Å². The highest BCUT2D eigenvalue weighted by molar-refractivity contribution is 6.32. The van der Waals surface area contributed by atoms with E-state index in [1.54, 1.807) is 31.4 Å². The van der Waals surface area contributed by atoms with Crippen molar-refractivity contribution in [2.75, 3.05) is 13.7 Å². The number of furan rings is 1. The maximum absolute atomic E-state index is 11.9. The summed E-state index contributed by atoms with van der Waals surface area (Å²) in [6, 6.07) is 14.7. The fourth-order valence-electron chi connectivity index (χ4n) is 2.70. The molecule has 3 rings (SSSR count). The number of carbonyl (C=O) groups is 1. The van der Waals surface area contributed by atoms with Crippen molar-refractivity contribution in [1.29, 1.82) is 0 Å². The molecule has 0 aliphatic carbocycles. The first-order valence-electron chi connectivity index (χ1n) is 8.92.